The molecule has 0 unspecified atom stereocenters. The highest BCUT2D eigenvalue weighted by Gasteiger charge is 2.16. The molecule has 1 aliphatic rings. The minimum Gasteiger partial charge on any atom is -0.344 e. The summed E-state index contributed by atoms with van der Waals surface area (Å²) in [5, 5.41) is 10.3. The number of rotatable bonds is 5. The zero-order chi connectivity index (χ0) is 17.9. The minimum atomic E-state index is 0.518. The predicted octanol–water partition coefficient (Wildman–Crippen LogP) is 4.85. The third-order valence-corrected chi connectivity index (χ3v) is 6.17. The van der Waals surface area contributed by atoms with Crippen LogP contribution in [0.1, 0.15) is 24.8 Å². The van der Waals surface area contributed by atoms with Crippen molar-refractivity contribution in [2.24, 2.45) is 5.92 Å². The minimum absolute atomic E-state index is 0.518. The van der Waals surface area contributed by atoms with Crippen molar-refractivity contribution in [2.75, 3.05) is 18.4 Å². The maximum absolute atomic E-state index is 4.56. The monoisotopic (exact) mass is 364 g/mol. The van der Waals surface area contributed by atoms with Crippen molar-refractivity contribution >= 4 is 27.9 Å². The van der Waals surface area contributed by atoms with Crippen molar-refractivity contribution in [1.82, 2.24) is 15.3 Å². The van der Waals surface area contributed by atoms with Gasteiger partial charge in [0.05, 0.1) is 9.88 Å². The van der Waals surface area contributed by atoms with Crippen LogP contribution in [-0.2, 0) is 6.42 Å². The predicted molar refractivity (Wildman–Crippen MR) is 111 cm³/mol. The number of benzene rings is 1. The molecule has 1 aromatic carbocycles. The molecule has 5 heteroatoms. The van der Waals surface area contributed by atoms with Crippen LogP contribution in [0.4, 0.5) is 5.82 Å². The highest BCUT2D eigenvalue weighted by Crippen LogP contribution is 2.30. The number of pyridine rings is 1. The molecule has 2 N–H and O–H groups in total. The van der Waals surface area contributed by atoms with Gasteiger partial charge in [-0.25, -0.2) is 9.97 Å². The van der Waals surface area contributed by atoms with Crippen LogP contribution in [0.25, 0.3) is 21.2 Å². The summed E-state index contributed by atoms with van der Waals surface area (Å²) in [6.45, 7) is 8.51. The summed E-state index contributed by atoms with van der Waals surface area (Å²) >= 11 is 1.77. The molecule has 4 rings (SSSR count). The molecule has 0 saturated carbocycles. The average Bonchev–Trinajstić information content (AvgIpc) is 3.17. The fourth-order valence-electron chi connectivity index (χ4n) is 3.41. The molecule has 0 spiro atoms. The van der Waals surface area contributed by atoms with Gasteiger partial charge in [0, 0.05) is 29.4 Å². The molecule has 3 aromatic rings. The van der Waals surface area contributed by atoms with Crippen LogP contribution >= 0.6 is 11.3 Å². The molecule has 3 heterocycles. The zero-order valence-corrected chi connectivity index (χ0v) is 15.9. The van der Waals surface area contributed by atoms with Crippen molar-refractivity contribution in [3.8, 4) is 10.4 Å². The molecule has 0 radical (unpaired) electrons. The number of hydrogen-bond donors (Lipinski definition) is 2. The van der Waals surface area contributed by atoms with Gasteiger partial charge in [0.1, 0.15) is 5.82 Å². The summed E-state index contributed by atoms with van der Waals surface area (Å²) in [6, 6.07) is 8.63. The van der Waals surface area contributed by atoms with E-state index in [2.05, 4.69) is 58.4 Å². The van der Waals surface area contributed by atoms with Crippen LogP contribution in [0.3, 0.4) is 0 Å². The van der Waals surface area contributed by atoms with Crippen molar-refractivity contribution < 1.29 is 0 Å². The van der Waals surface area contributed by atoms with E-state index >= 15 is 0 Å². The number of nitrogens with one attached hydrogen (secondary N) is 2. The third kappa shape index (κ3) is 3.64. The second-order valence-electron chi connectivity index (χ2n) is 6.78. The molecule has 0 atom stereocenters. The smallest absolute Gasteiger partial charge is 0.130 e. The van der Waals surface area contributed by atoms with Gasteiger partial charge in [-0.05, 0) is 55.4 Å². The summed E-state index contributed by atoms with van der Waals surface area (Å²) in [4.78, 5) is 10.3. The van der Waals surface area contributed by atoms with E-state index in [1.54, 1.807) is 11.3 Å². The highest BCUT2D eigenvalue weighted by molar-refractivity contribution is 7.15. The molecule has 1 aliphatic heterocycles. The van der Waals surface area contributed by atoms with Gasteiger partial charge in [-0.3, -0.25) is 0 Å². The number of nitrogens with zero attached hydrogens (tertiary/aromatic N) is 2. The summed E-state index contributed by atoms with van der Waals surface area (Å²) < 4.78 is 0. The summed E-state index contributed by atoms with van der Waals surface area (Å²) in [5.74, 6) is 1.39. The molecule has 1 fully saturated rings. The molecule has 26 heavy (non-hydrogen) atoms. The van der Waals surface area contributed by atoms with Crippen LogP contribution in [0, 0.1) is 5.92 Å². The van der Waals surface area contributed by atoms with E-state index in [1.165, 1.54) is 20.8 Å². The molecule has 0 bridgehead atoms. The Morgan fingerprint density at radius 1 is 1.19 bits per heavy atom. The van der Waals surface area contributed by atoms with Gasteiger partial charge in [-0.1, -0.05) is 25.6 Å². The number of aromatic nitrogens is 2. The number of allylic oxidation sites excluding steroid dienone is 1. The Hall–Kier alpha value is -2.24. The first-order valence-corrected chi connectivity index (χ1v) is 10.1. The van der Waals surface area contributed by atoms with Gasteiger partial charge in [-0.15, -0.1) is 11.3 Å². The molecule has 2 aromatic heterocycles. The lowest BCUT2D eigenvalue weighted by Crippen LogP contribution is -2.30. The summed E-state index contributed by atoms with van der Waals surface area (Å²) in [7, 11) is 0. The van der Waals surface area contributed by atoms with Crippen molar-refractivity contribution in [3.63, 3.8) is 0 Å². The SMILES string of the molecule is C=C(Nc1cc2cc(-c3cnc(CC)s3)ccc2cn1)C1CCNCC1. The molecule has 0 aliphatic carbocycles. The van der Waals surface area contributed by atoms with E-state index < -0.39 is 0 Å². The lowest BCUT2D eigenvalue weighted by Gasteiger charge is -2.25. The van der Waals surface area contributed by atoms with E-state index in [1.807, 2.05) is 12.4 Å². The lowest BCUT2D eigenvalue weighted by atomic mass is 9.95. The topological polar surface area (TPSA) is 49.8 Å². The maximum atomic E-state index is 4.56. The van der Waals surface area contributed by atoms with E-state index in [0.29, 0.717) is 5.92 Å². The normalized spacial score (nSPS) is 15.3. The van der Waals surface area contributed by atoms with Crippen LogP contribution in [0.5, 0.6) is 0 Å². The fraction of sp³-hybridized carbons (Fsp3) is 0.333. The van der Waals surface area contributed by atoms with E-state index in [9.17, 15) is 0 Å². The number of aryl methyl sites for hydroxylation is 1. The van der Waals surface area contributed by atoms with E-state index in [-0.39, 0.29) is 0 Å². The number of thiazole rings is 1. The lowest BCUT2D eigenvalue weighted by molar-refractivity contribution is 0.422. The van der Waals surface area contributed by atoms with Gasteiger partial charge < -0.3 is 10.6 Å². The molecule has 1 saturated heterocycles. The van der Waals surface area contributed by atoms with Crippen LogP contribution in [0.2, 0.25) is 0 Å². The molecular weight excluding hydrogens is 340 g/mol. The number of fused-ring (bicyclic) bond motifs is 1. The van der Waals surface area contributed by atoms with Gasteiger partial charge in [0.25, 0.3) is 0 Å². The van der Waals surface area contributed by atoms with Gasteiger partial charge in [-0.2, -0.15) is 0 Å². The second-order valence-corrected chi connectivity index (χ2v) is 7.89. The first kappa shape index (κ1) is 17.2. The largest absolute Gasteiger partial charge is 0.344 e. The Morgan fingerprint density at radius 3 is 2.81 bits per heavy atom. The van der Waals surface area contributed by atoms with Gasteiger partial charge >= 0.3 is 0 Å². The molecule has 0 amide bonds. The first-order chi connectivity index (χ1) is 12.7. The number of piperidine rings is 1. The zero-order valence-electron chi connectivity index (χ0n) is 15.1. The summed E-state index contributed by atoms with van der Waals surface area (Å²) in [5.41, 5.74) is 2.29. The van der Waals surface area contributed by atoms with E-state index in [4.69, 9.17) is 0 Å². The van der Waals surface area contributed by atoms with Crippen LogP contribution in [-0.4, -0.2) is 23.1 Å². The maximum Gasteiger partial charge on any atom is 0.130 e. The Bertz CT molecular complexity index is 925. The highest BCUT2D eigenvalue weighted by atomic mass is 32.1. The Balaban J connectivity index is 1.58. The van der Waals surface area contributed by atoms with Crippen molar-refractivity contribution in [1.29, 1.82) is 0 Å². The van der Waals surface area contributed by atoms with Crippen LogP contribution in [0.15, 0.2) is 48.9 Å². The Morgan fingerprint density at radius 2 is 2.04 bits per heavy atom. The van der Waals surface area contributed by atoms with Gasteiger partial charge in [0.15, 0.2) is 0 Å². The fourth-order valence-corrected chi connectivity index (χ4v) is 4.26. The third-order valence-electron chi connectivity index (χ3n) is 4.98. The molecular formula is C21H24N4S. The van der Waals surface area contributed by atoms with Crippen molar-refractivity contribution in [3.05, 3.63) is 53.9 Å². The quantitative estimate of drug-likeness (QED) is 0.680. The average molecular weight is 365 g/mol. The van der Waals surface area contributed by atoms with E-state index in [0.717, 1.165) is 49.3 Å². The first-order valence-electron chi connectivity index (χ1n) is 9.24. The Labute approximate surface area is 158 Å². The Kier molecular flexibility index (Phi) is 5.00. The second kappa shape index (κ2) is 7.56. The van der Waals surface area contributed by atoms with Gasteiger partial charge in [0.2, 0.25) is 0 Å². The van der Waals surface area contributed by atoms with Crippen LogP contribution < -0.4 is 10.6 Å². The molecule has 4 nitrogen and oxygen atoms in total. The number of anilines is 1. The van der Waals surface area contributed by atoms with Crippen molar-refractivity contribution in [2.45, 2.75) is 26.2 Å². The number of hydrogen-bond acceptors (Lipinski definition) is 5. The molecule has 134 valence electrons. The standard InChI is InChI=1S/C21H24N4S/c1-3-21-24-13-19(26-21)16-4-5-17-12-23-20(11-18(17)10-16)25-14(2)15-6-8-22-9-7-15/h4-5,10-13,15,22H,2-3,6-9H2,1H3,(H,23,25). The summed E-state index contributed by atoms with van der Waals surface area (Å²) in [6.07, 6.45) is 7.16.